The first-order chi connectivity index (χ1) is 12.4. The minimum absolute atomic E-state index is 0.0263. The minimum Gasteiger partial charge on any atom is -0.491 e. The largest absolute Gasteiger partial charge is 0.491 e. The Morgan fingerprint density at radius 1 is 1.19 bits per heavy atom. The molecule has 0 bridgehead atoms. The lowest BCUT2D eigenvalue weighted by Crippen LogP contribution is -2.29. The Morgan fingerprint density at radius 2 is 1.92 bits per heavy atom. The van der Waals surface area contributed by atoms with Crippen LogP contribution in [0.3, 0.4) is 0 Å². The van der Waals surface area contributed by atoms with Crippen LogP contribution in [0.5, 0.6) is 11.5 Å². The van der Waals surface area contributed by atoms with Gasteiger partial charge < -0.3 is 14.8 Å². The first kappa shape index (κ1) is 20.6. The maximum atomic E-state index is 11.9. The Morgan fingerprint density at radius 3 is 2.58 bits per heavy atom. The second-order valence-corrected chi connectivity index (χ2v) is 7.42. The van der Waals surface area contributed by atoms with Gasteiger partial charge in [-0.1, -0.05) is 23.7 Å². The fourth-order valence-corrected chi connectivity index (χ4v) is 3.11. The molecular weight excluding hydrogens is 418 g/mol. The smallest absolute Gasteiger partial charge is 0.257 e. The number of hydrogen-bond acceptors (Lipinski definition) is 3. The topological polar surface area (TPSA) is 47.6 Å². The zero-order valence-electron chi connectivity index (χ0n) is 14.9. The summed E-state index contributed by atoms with van der Waals surface area (Å²) in [5.74, 6) is 1.32. The fraction of sp³-hybridized carbons (Fsp3) is 0.350. The highest BCUT2D eigenvalue weighted by Crippen LogP contribution is 2.27. The van der Waals surface area contributed by atoms with Crippen LogP contribution in [-0.4, -0.2) is 25.2 Å². The Bertz CT molecular complexity index is 719. The monoisotopic (exact) mass is 439 g/mol. The molecule has 0 saturated carbocycles. The summed E-state index contributed by atoms with van der Waals surface area (Å²) in [6.45, 7) is 4.59. The van der Waals surface area contributed by atoms with Gasteiger partial charge in [0.1, 0.15) is 11.5 Å². The van der Waals surface area contributed by atoms with Gasteiger partial charge in [0, 0.05) is 11.6 Å². The van der Waals surface area contributed by atoms with Crippen LogP contribution >= 0.6 is 27.5 Å². The molecule has 0 fully saturated rings. The molecule has 6 heteroatoms. The number of benzene rings is 2. The molecule has 0 unspecified atom stereocenters. The molecule has 0 heterocycles. The van der Waals surface area contributed by atoms with Crippen LogP contribution in [-0.2, 0) is 11.2 Å². The second-order valence-electron chi connectivity index (χ2n) is 6.13. The SMILES string of the molecule is CC(C)Oc1ccc(CCCNC(=O)COc2ccc(Cl)cc2Br)cc1. The van der Waals surface area contributed by atoms with Crippen molar-refractivity contribution in [2.75, 3.05) is 13.2 Å². The zero-order chi connectivity index (χ0) is 18.9. The van der Waals surface area contributed by atoms with Gasteiger partial charge in [-0.2, -0.15) is 0 Å². The molecule has 4 nitrogen and oxygen atoms in total. The lowest BCUT2D eigenvalue weighted by Gasteiger charge is -2.10. The van der Waals surface area contributed by atoms with Crippen LogP contribution in [0.25, 0.3) is 0 Å². The quantitative estimate of drug-likeness (QED) is 0.557. The van der Waals surface area contributed by atoms with Crippen molar-refractivity contribution in [2.45, 2.75) is 32.8 Å². The van der Waals surface area contributed by atoms with Crippen LogP contribution < -0.4 is 14.8 Å². The van der Waals surface area contributed by atoms with Gasteiger partial charge in [0.2, 0.25) is 0 Å². The molecule has 0 aliphatic carbocycles. The molecule has 0 aromatic heterocycles. The number of hydrogen-bond donors (Lipinski definition) is 1. The lowest BCUT2D eigenvalue weighted by atomic mass is 10.1. The van der Waals surface area contributed by atoms with E-state index >= 15 is 0 Å². The summed E-state index contributed by atoms with van der Waals surface area (Å²) in [5.41, 5.74) is 1.22. The van der Waals surface area contributed by atoms with Crippen molar-refractivity contribution in [1.82, 2.24) is 5.32 Å². The van der Waals surface area contributed by atoms with Gasteiger partial charge in [-0.15, -0.1) is 0 Å². The van der Waals surface area contributed by atoms with Crippen LogP contribution in [0, 0.1) is 0 Å². The summed E-state index contributed by atoms with van der Waals surface area (Å²) < 4.78 is 11.8. The highest BCUT2D eigenvalue weighted by Gasteiger charge is 2.06. The second kappa shape index (κ2) is 10.4. The van der Waals surface area contributed by atoms with E-state index in [4.69, 9.17) is 21.1 Å². The first-order valence-electron chi connectivity index (χ1n) is 8.54. The van der Waals surface area contributed by atoms with Gasteiger partial charge in [-0.3, -0.25) is 4.79 Å². The van der Waals surface area contributed by atoms with Gasteiger partial charge in [0.05, 0.1) is 10.6 Å². The third kappa shape index (κ3) is 7.26. The Kier molecular flexibility index (Phi) is 8.26. The van der Waals surface area contributed by atoms with E-state index in [-0.39, 0.29) is 18.6 Å². The van der Waals surface area contributed by atoms with E-state index in [0.29, 0.717) is 17.3 Å². The van der Waals surface area contributed by atoms with E-state index in [0.717, 1.165) is 23.1 Å². The summed E-state index contributed by atoms with van der Waals surface area (Å²) >= 11 is 9.23. The highest BCUT2D eigenvalue weighted by molar-refractivity contribution is 9.10. The van der Waals surface area contributed by atoms with Crippen molar-refractivity contribution in [3.05, 3.63) is 57.5 Å². The number of amides is 1. The summed E-state index contributed by atoms with van der Waals surface area (Å²) in [4.78, 5) is 11.9. The summed E-state index contributed by atoms with van der Waals surface area (Å²) in [6.07, 6.45) is 1.93. The van der Waals surface area contributed by atoms with Crippen molar-refractivity contribution in [3.63, 3.8) is 0 Å². The van der Waals surface area contributed by atoms with E-state index in [1.165, 1.54) is 5.56 Å². The van der Waals surface area contributed by atoms with E-state index in [1.807, 2.05) is 26.0 Å². The molecule has 1 amide bonds. The zero-order valence-corrected chi connectivity index (χ0v) is 17.3. The van der Waals surface area contributed by atoms with Crippen LogP contribution in [0.1, 0.15) is 25.8 Å². The predicted octanol–water partition coefficient (Wildman–Crippen LogP) is 5.02. The molecule has 0 saturated heterocycles. The Hall–Kier alpha value is -1.72. The maximum absolute atomic E-state index is 11.9. The van der Waals surface area contributed by atoms with Crippen molar-refractivity contribution < 1.29 is 14.3 Å². The summed E-state index contributed by atoms with van der Waals surface area (Å²) in [6, 6.07) is 13.2. The molecule has 0 atom stereocenters. The number of rotatable bonds is 9. The van der Waals surface area contributed by atoms with Gasteiger partial charge in [0.25, 0.3) is 5.91 Å². The van der Waals surface area contributed by atoms with E-state index in [2.05, 4.69) is 33.4 Å². The molecule has 2 rings (SSSR count). The van der Waals surface area contributed by atoms with Gasteiger partial charge >= 0.3 is 0 Å². The van der Waals surface area contributed by atoms with Crippen molar-refractivity contribution in [2.24, 2.45) is 0 Å². The first-order valence-corrected chi connectivity index (χ1v) is 9.71. The molecule has 2 aromatic rings. The highest BCUT2D eigenvalue weighted by atomic mass is 79.9. The third-order valence-corrected chi connectivity index (χ3v) is 4.37. The molecule has 0 aliphatic heterocycles. The van der Waals surface area contributed by atoms with Gasteiger partial charge in [-0.25, -0.2) is 0 Å². The van der Waals surface area contributed by atoms with Crippen molar-refractivity contribution >= 4 is 33.4 Å². The molecule has 0 radical (unpaired) electrons. The third-order valence-electron chi connectivity index (χ3n) is 3.51. The van der Waals surface area contributed by atoms with Gasteiger partial charge in [-0.05, 0) is 78.5 Å². The molecule has 1 N–H and O–H groups in total. The molecular formula is C20H23BrClNO3. The maximum Gasteiger partial charge on any atom is 0.257 e. The van der Waals surface area contributed by atoms with Crippen molar-refractivity contribution in [1.29, 1.82) is 0 Å². The average molecular weight is 441 g/mol. The number of halogens is 2. The molecule has 140 valence electrons. The average Bonchev–Trinajstić information content (AvgIpc) is 2.59. The molecule has 26 heavy (non-hydrogen) atoms. The van der Waals surface area contributed by atoms with Gasteiger partial charge in [0.15, 0.2) is 6.61 Å². The fourth-order valence-electron chi connectivity index (χ4n) is 2.31. The summed E-state index contributed by atoms with van der Waals surface area (Å²) in [5, 5.41) is 3.47. The standard InChI is InChI=1S/C20H23BrClNO3/c1-14(2)26-17-8-5-15(6-9-17)4-3-11-23-20(24)13-25-19-10-7-16(22)12-18(19)21/h5-10,12,14H,3-4,11,13H2,1-2H3,(H,23,24). The normalized spacial score (nSPS) is 10.7. The van der Waals surface area contributed by atoms with E-state index in [1.54, 1.807) is 18.2 Å². The molecule has 2 aromatic carbocycles. The number of carbonyl (C=O) groups is 1. The Balaban J connectivity index is 1.65. The van der Waals surface area contributed by atoms with E-state index < -0.39 is 0 Å². The lowest BCUT2D eigenvalue weighted by molar-refractivity contribution is -0.123. The van der Waals surface area contributed by atoms with E-state index in [9.17, 15) is 4.79 Å². The number of aryl methyl sites for hydroxylation is 1. The number of carbonyl (C=O) groups excluding carboxylic acids is 1. The molecule has 0 spiro atoms. The van der Waals surface area contributed by atoms with Crippen LogP contribution in [0.2, 0.25) is 5.02 Å². The Labute approximate surface area is 168 Å². The summed E-state index contributed by atoms with van der Waals surface area (Å²) in [7, 11) is 0. The van der Waals surface area contributed by atoms with Crippen molar-refractivity contribution in [3.8, 4) is 11.5 Å². The van der Waals surface area contributed by atoms with Crippen LogP contribution in [0.4, 0.5) is 0 Å². The minimum atomic E-state index is -0.146. The number of nitrogens with one attached hydrogen (secondary N) is 1. The number of ether oxygens (including phenoxy) is 2. The molecule has 0 aliphatic rings. The predicted molar refractivity (Wildman–Crippen MR) is 108 cm³/mol. The van der Waals surface area contributed by atoms with Crippen LogP contribution in [0.15, 0.2) is 46.9 Å².